The Hall–Kier alpha value is -3.21. The summed E-state index contributed by atoms with van der Waals surface area (Å²) in [5.74, 6) is -0.198. The predicted octanol–water partition coefficient (Wildman–Crippen LogP) is 4.72. The lowest BCUT2D eigenvalue weighted by atomic mass is 9.99. The Balaban J connectivity index is 2.22. The van der Waals surface area contributed by atoms with Crippen molar-refractivity contribution in [3.8, 4) is 11.5 Å². The lowest BCUT2D eigenvalue weighted by molar-refractivity contribution is 0.103. The van der Waals surface area contributed by atoms with Crippen molar-refractivity contribution in [1.82, 2.24) is 0 Å². The van der Waals surface area contributed by atoms with E-state index in [1.165, 1.54) is 26.4 Å². The molecule has 0 heterocycles. The molecule has 0 saturated carbocycles. The molecule has 3 rings (SSSR count). The monoisotopic (exact) mass is 438 g/mol. The first-order chi connectivity index (χ1) is 15.0. The van der Waals surface area contributed by atoms with Gasteiger partial charge in [-0.1, -0.05) is 48.5 Å². The van der Waals surface area contributed by atoms with E-state index in [2.05, 4.69) is 0 Å². The summed E-state index contributed by atoms with van der Waals surface area (Å²) in [6.07, 6.45) is 0. The summed E-state index contributed by atoms with van der Waals surface area (Å²) in [5.41, 5.74) is -0.293. The zero-order valence-corrected chi connectivity index (χ0v) is 18.4. The Morgan fingerprint density at radius 2 is 1.45 bits per heavy atom. The molecule has 0 N–H and O–H groups in total. The van der Waals surface area contributed by atoms with E-state index in [-0.39, 0.29) is 40.3 Å². The van der Waals surface area contributed by atoms with Crippen LogP contribution < -0.4 is 14.8 Å². The van der Waals surface area contributed by atoms with Gasteiger partial charge in [-0.05, 0) is 31.2 Å². The van der Waals surface area contributed by atoms with Gasteiger partial charge in [-0.3, -0.25) is 14.2 Å². The molecular formula is C24H23O6P. The van der Waals surface area contributed by atoms with Crippen LogP contribution in [0.3, 0.4) is 0 Å². The van der Waals surface area contributed by atoms with Crippen LogP contribution >= 0.6 is 7.37 Å². The van der Waals surface area contributed by atoms with Crippen molar-refractivity contribution in [2.75, 3.05) is 20.8 Å². The van der Waals surface area contributed by atoms with Gasteiger partial charge in [0.05, 0.1) is 26.4 Å². The van der Waals surface area contributed by atoms with Crippen LogP contribution in [0.5, 0.6) is 11.5 Å². The summed E-state index contributed by atoms with van der Waals surface area (Å²) in [5, 5.41) is 0.255. The molecule has 160 valence electrons. The highest BCUT2D eigenvalue weighted by Gasteiger charge is 2.40. The molecule has 0 aliphatic carbocycles. The standard InChI is InChI=1S/C24H23O6P/c1-4-30-31(27,18-13-9-6-10-14-18)24(26)21-20(28-2)16-15-19(23(21)29-3)22(25)17-11-7-5-8-12-17/h5-16H,4H2,1-3H3/t31-/m0/s1. The van der Waals surface area contributed by atoms with Crippen molar-refractivity contribution < 1.29 is 28.2 Å². The van der Waals surface area contributed by atoms with Gasteiger partial charge in [-0.15, -0.1) is 0 Å². The SMILES string of the molecule is CCO[P@](=O)(C(=O)c1c(OC)ccc(C(=O)c2ccccc2)c1OC)c1ccccc1. The van der Waals surface area contributed by atoms with E-state index in [4.69, 9.17) is 14.0 Å². The molecule has 3 aromatic rings. The number of ether oxygens (including phenoxy) is 2. The number of methoxy groups -OCH3 is 2. The number of ketones is 1. The van der Waals surface area contributed by atoms with Crippen LogP contribution in [0.2, 0.25) is 0 Å². The van der Waals surface area contributed by atoms with E-state index in [1.54, 1.807) is 67.6 Å². The van der Waals surface area contributed by atoms with Gasteiger partial charge in [0, 0.05) is 10.9 Å². The van der Waals surface area contributed by atoms with Gasteiger partial charge in [-0.25, -0.2) is 0 Å². The number of rotatable bonds is 9. The minimum atomic E-state index is -4.00. The number of carbonyl (C=O) groups excluding carboxylic acids is 2. The summed E-state index contributed by atoms with van der Waals surface area (Å²) in [6, 6.07) is 19.9. The quantitative estimate of drug-likeness (QED) is 0.356. The summed E-state index contributed by atoms with van der Waals surface area (Å²) >= 11 is 0. The fourth-order valence-corrected chi connectivity index (χ4v) is 5.21. The molecule has 0 unspecified atom stereocenters. The van der Waals surface area contributed by atoms with Crippen molar-refractivity contribution in [3.05, 3.63) is 89.5 Å². The average molecular weight is 438 g/mol. The van der Waals surface area contributed by atoms with Crippen LogP contribution in [0, 0.1) is 0 Å². The minimum Gasteiger partial charge on any atom is -0.496 e. The van der Waals surface area contributed by atoms with Crippen LogP contribution in [0.25, 0.3) is 0 Å². The normalized spacial score (nSPS) is 12.6. The zero-order chi connectivity index (χ0) is 22.4. The highest BCUT2D eigenvalue weighted by atomic mass is 31.2. The van der Waals surface area contributed by atoms with Crippen LogP contribution in [-0.4, -0.2) is 32.1 Å². The molecule has 0 spiro atoms. The van der Waals surface area contributed by atoms with Gasteiger partial charge in [0.2, 0.25) is 0 Å². The number of benzene rings is 3. The molecule has 0 saturated heterocycles. The fraction of sp³-hybridized carbons (Fsp3) is 0.167. The van der Waals surface area contributed by atoms with Gasteiger partial charge in [0.1, 0.15) is 17.1 Å². The molecule has 0 aromatic heterocycles. The van der Waals surface area contributed by atoms with Crippen LogP contribution in [-0.2, 0) is 9.09 Å². The minimum absolute atomic E-state index is 0.00550. The summed E-state index contributed by atoms with van der Waals surface area (Å²) in [6.45, 7) is 1.72. The predicted molar refractivity (Wildman–Crippen MR) is 119 cm³/mol. The fourth-order valence-electron chi connectivity index (χ4n) is 3.28. The van der Waals surface area contributed by atoms with Gasteiger partial charge in [-0.2, -0.15) is 0 Å². The highest BCUT2D eigenvalue weighted by Crippen LogP contribution is 2.52. The molecule has 31 heavy (non-hydrogen) atoms. The molecular weight excluding hydrogens is 415 g/mol. The Labute approximate surface area is 181 Å². The lowest BCUT2D eigenvalue weighted by Gasteiger charge is -2.21. The largest absolute Gasteiger partial charge is 0.496 e. The molecule has 0 fully saturated rings. The Morgan fingerprint density at radius 1 is 0.839 bits per heavy atom. The Bertz CT molecular complexity index is 1130. The highest BCUT2D eigenvalue weighted by molar-refractivity contribution is 7.83. The first-order valence-electron chi connectivity index (χ1n) is 9.67. The second kappa shape index (κ2) is 9.73. The van der Waals surface area contributed by atoms with Crippen molar-refractivity contribution >= 4 is 24.0 Å². The number of hydrogen-bond acceptors (Lipinski definition) is 6. The van der Waals surface area contributed by atoms with E-state index in [0.29, 0.717) is 5.56 Å². The Kier molecular flexibility index (Phi) is 7.06. The van der Waals surface area contributed by atoms with Crippen molar-refractivity contribution in [2.24, 2.45) is 0 Å². The van der Waals surface area contributed by atoms with Gasteiger partial charge >= 0.3 is 7.37 Å². The van der Waals surface area contributed by atoms with E-state index < -0.39 is 12.9 Å². The first kappa shape index (κ1) is 22.5. The summed E-state index contributed by atoms with van der Waals surface area (Å²) in [4.78, 5) is 26.8. The third-order valence-electron chi connectivity index (χ3n) is 4.71. The maximum atomic E-state index is 13.8. The van der Waals surface area contributed by atoms with Crippen molar-refractivity contribution in [2.45, 2.75) is 6.92 Å². The first-order valence-corrected chi connectivity index (χ1v) is 11.3. The second-order valence-electron chi connectivity index (χ2n) is 6.53. The number of hydrogen-bond donors (Lipinski definition) is 0. The van der Waals surface area contributed by atoms with E-state index in [0.717, 1.165) is 0 Å². The molecule has 0 aliphatic heterocycles. The van der Waals surface area contributed by atoms with E-state index in [9.17, 15) is 14.2 Å². The van der Waals surface area contributed by atoms with Gasteiger partial charge in [0.15, 0.2) is 5.78 Å². The van der Waals surface area contributed by atoms with Gasteiger partial charge in [0.25, 0.3) is 5.52 Å². The average Bonchev–Trinajstić information content (AvgIpc) is 2.83. The van der Waals surface area contributed by atoms with E-state index >= 15 is 0 Å². The molecule has 0 aliphatic rings. The van der Waals surface area contributed by atoms with Crippen molar-refractivity contribution in [1.29, 1.82) is 0 Å². The molecule has 6 nitrogen and oxygen atoms in total. The van der Waals surface area contributed by atoms with Crippen LogP contribution in [0.1, 0.15) is 33.2 Å². The molecule has 1 atom stereocenters. The van der Waals surface area contributed by atoms with Gasteiger partial charge < -0.3 is 14.0 Å². The molecule has 0 bridgehead atoms. The summed E-state index contributed by atoms with van der Waals surface area (Å²) < 4.78 is 30.2. The third kappa shape index (κ3) is 4.31. The molecule has 3 aromatic carbocycles. The topological polar surface area (TPSA) is 78.9 Å². The van der Waals surface area contributed by atoms with E-state index in [1.807, 2.05) is 0 Å². The zero-order valence-electron chi connectivity index (χ0n) is 17.5. The van der Waals surface area contributed by atoms with Crippen molar-refractivity contribution in [3.63, 3.8) is 0 Å². The third-order valence-corrected chi connectivity index (χ3v) is 7.07. The number of carbonyl (C=O) groups is 2. The smallest absolute Gasteiger partial charge is 0.301 e. The lowest BCUT2D eigenvalue weighted by Crippen LogP contribution is -2.18. The molecule has 0 amide bonds. The summed E-state index contributed by atoms with van der Waals surface area (Å²) in [7, 11) is -1.26. The molecule has 0 radical (unpaired) electrons. The second-order valence-corrected chi connectivity index (χ2v) is 8.81. The maximum absolute atomic E-state index is 13.8. The van der Waals surface area contributed by atoms with Crippen LogP contribution in [0.4, 0.5) is 0 Å². The molecule has 7 heteroatoms. The Morgan fingerprint density at radius 3 is 2.00 bits per heavy atom. The maximum Gasteiger partial charge on any atom is 0.301 e. The van der Waals surface area contributed by atoms with Crippen LogP contribution in [0.15, 0.2) is 72.8 Å².